The molecule has 0 amide bonds. The summed E-state index contributed by atoms with van der Waals surface area (Å²) in [6, 6.07) is 26.6. The van der Waals surface area contributed by atoms with Gasteiger partial charge in [-0.2, -0.15) is 0 Å². The highest BCUT2D eigenvalue weighted by molar-refractivity contribution is 6.30. The number of halogens is 1. The number of para-hydroxylation sites is 1. The highest BCUT2D eigenvalue weighted by Crippen LogP contribution is 2.41. The van der Waals surface area contributed by atoms with E-state index in [0.717, 1.165) is 34.4 Å². The second-order valence-electron chi connectivity index (χ2n) is 6.43. The zero-order chi connectivity index (χ0) is 18.6. The van der Waals surface area contributed by atoms with Crippen LogP contribution < -0.4 is 9.64 Å². The lowest BCUT2D eigenvalue weighted by atomic mass is 9.92. The SMILES string of the molecule is CCOc1ccc(N2/C(=N/c3ccccc3)CC2c2ccc(Cl)cc2)cc1. The van der Waals surface area contributed by atoms with Gasteiger partial charge in [-0.1, -0.05) is 41.9 Å². The fourth-order valence-electron chi connectivity index (χ4n) is 3.33. The van der Waals surface area contributed by atoms with E-state index in [-0.39, 0.29) is 6.04 Å². The lowest BCUT2D eigenvalue weighted by Crippen LogP contribution is -2.46. The maximum atomic E-state index is 6.06. The minimum Gasteiger partial charge on any atom is -0.494 e. The van der Waals surface area contributed by atoms with Crippen molar-refractivity contribution in [1.82, 2.24) is 0 Å². The Morgan fingerprint density at radius 3 is 2.33 bits per heavy atom. The molecular weight excluding hydrogens is 356 g/mol. The minimum atomic E-state index is 0.252. The summed E-state index contributed by atoms with van der Waals surface area (Å²) in [5.41, 5.74) is 3.32. The molecule has 3 aromatic rings. The molecule has 1 unspecified atom stereocenters. The topological polar surface area (TPSA) is 24.8 Å². The van der Waals surface area contributed by atoms with Crippen molar-refractivity contribution in [3.05, 3.63) is 89.4 Å². The van der Waals surface area contributed by atoms with Crippen molar-refractivity contribution in [3.63, 3.8) is 0 Å². The first kappa shape index (κ1) is 17.6. The summed E-state index contributed by atoms with van der Waals surface area (Å²) >= 11 is 6.06. The summed E-state index contributed by atoms with van der Waals surface area (Å²) < 4.78 is 5.58. The molecule has 0 saturated carbocycles. The van der Waals surface area contributed by atoms with Gasteiger partial charge in [0.1, 0.15) is 11.6 Å². The summed E-state index contributed by atoms with van der Waals surface area (Å²) in [6.07, 6.45) is 0.893. The summed E-state index contributed by atoms with van der Waals surface area (Å²) in [5.74, 6) is 1.94. The van der Waals surface area contributed by atoms with Crippen LogP contribution in [0.3, 0.4) is 0 Å². The number of nitrogens with zero attached hydrogens (tertiary/aromatic N) is 2. The molecule has 1 atom stereocenters. The van der Waals surface area contributed by atoms with Crippen molar-refractivity contribution in [2.24, 2.45) is 4.99 Å². The van der Waals surface area contributed by atoms with Gasteiger partial charge in [0.05, 0.1) is 18.3 Å². The molecule has 0 bridgehead atoms. The minimum absolute atomic E-state index is 0.252. The average Bonchev–Trinajstić information content (AvgIpc) is 2.68. The van der Waals surface area contributed by atoms with Crippen molar-refractivity contribution in [2.75, 3.05) is 11.5 Å². The van der Waals surface area contributed by atoms with Crippen molar-refractivity contribution in [1.29, 1.82) is 0 Å². The Labute approximate surface area is 164 Å². The van der Waals surface area contributed by atoms with E-state index in [2.05, 4.69) is 29.2 Å². The lowest BCUT2D eigenvalue weighted by Gasteiger charge is -2.44. The zero-order valence-corrected chi connectivity index (χ0v) is 15.9. The Balaban J connectivity index is 1.67. The molecule has 0 spiro atoms. The Morgan fingerprint density at radius 1 is 0.963 bits per heavy atom. The van der Waals surface area contributed by atoms with Crippen molar-refractivity contribution < 1.29 is 4.74 Å². The number of anilines is 1. The number of amidine groups is 1. The van der Waals surface area contributed by atoms with E-state index in [9.17, 15) is 0 Å². The van der Waals surface area contributed by atoms with Crippen molar-refractivity contribution in [3.8, 4) is 5.75 Å². The van der Waals surface area contributed by atoms with E-state index in [0.29, 0.717) is 6.61 Å². The highest BCUT2D eigenvalue weighted by atomic mass is 35.5. The molecule has 136 valence electrons. The van der Waals surface area contributed by atoms with E-state index in [4.69, 9.17) is 21.3 Å². The van der Waals surface area contributed by atoms with Gasteiger partial charge in [0, 0.05) is 17.1 Å². The molecule has 0 aliphatic carbocycles. The van der Waals surface area contributed by atoms with Crippen LogP contribution in [0.25, 0.3) is 0 Å². The molecule has 0 N–H and O–H groups in total. The van der Waals surface area contributed by atoms with Crippen LogP contribution in [0.4, 0.5) is 11.4 Å². The van der Waals surface area contributed by atoms with Gasteiger partial charge >= 0.3 is 0 Å². The van der Waals surface area contributed by atoms with Gasteiger partial charge in [0.15, 0.2) is 0 Å². The van der Waals surface area contributed by atoms with E-state index in [1.807, 2.05) is 61.5 Å². The van der Waals surface area contributed by atoms with Crippen molar-refractivity contribution in [2.45, 2.75) is 19.4 Å². The Kier molecular flexibility index (Phi) is 5.12. The Hall–Kier alpha value is -2.78. The second-order valence-corrected chi connectivity index (χ2v) is 6.87. The van der Waals surface area contributed by atoms with Gasteiger partial charge in [-0.15, -0.1) is 0 Å². The van der Waals surface area contributed by atoms with Gasteiger partial charge in [-0.05, 0) is 61.0 Å². The molecule has 3 nitrogen and oxygen atoms in total. The molecule has 3 aromatic carbocycles. The van der Waals surface area contributed by atoms with Gasteiger partial charge in [-0.25, -0.2) is 4.99 Å². The number of rotatable bonds is 5. The molecule has 27 heavy (non-hydrogen) atoms. The lowest BCUT2D eigenvalue weighted by molar-refractivity contribution is 0.340. The summed E-state index contributed by atoms with van der Waals surface area (Å²) in [7, 11) is 0. The third-order valence-corrected chi connectivity index (χ3v) is 4.91. The largest absolute Gasteiger partial charge is 0.494 e. The van der Waals surface area contributed by atoms with Gasteiger partial charge in [-0.3, -0.25) is 0 Å². The maximum Gasteiger partial charge on any atom is 0.119 e. The molecule has 1 fully saturated rings. The van der Waals surface area contributed by atoms with Crippen LogP contribution in [0, 0.1) is 0 Å². The Bertz CT molecular complexity index is 921. The van der Waals surface area contributed by atoms with E-state index < -0.39 is 0 Å². The van der Waals surface area contributed by atoms with Gasteiger partial charge in [0.25, 0.3) is 0 Å². The van der Waals surface area contributed by atoms with Crippen LogP contribution in [-0.2, 0) is 0 Å². The van der Waals surface area contributed by atoms with Gasteiger partial charge in [0.2, 0.25) is 0 Å². The van der Waals surface area contributed by atoms with Crippen LogP contribution in [0.1, 0.15) is 24.9 Å². The van der Waals surface area contributed by atoms with Crippen molar-refractivity contribution >= 4 is 28.8 Å². The van der Waals surface area contributed by atoms with E-state index >= 15 is 0 Å². The second kappa shape index (κ2) is 7.85. The van der Waals surface area contributed by atoms with Crippen LogP contribution >= 0.6 is 11.6 Å². The molecular formula is C23H21ClN2O. The summed E-state index contributed by atoms with van der Waals surface area (Å²) in [5, 5.41) is 0.754. The molecule has 1 aliphatic heterocycles. The van der Waals surface area contributed by atoms with Crippen LogP contribution in [-0.4, -0.2) is 12.4 Å². The molecule has 0 aromatic heterocycles. The van der Waals surface area contributed by atoms with Crippen LogP contribution in [0.2, 0.25) is 5.02 Å². The number of hydrogen-bond donors (Lipinski definition) is 0. The third kappa shape index (κ3) is 3.83. The van der Waals surface area contributed by atoms with Crippen LogP contribution in [0.5, 0.6) is 5.75 Å². The summed E-state index contributed by atoms with van der Waals surface area (Å²) in [6.45, 7) is 2.65. The fraction of sp³-hybridized carbons (Fsp3) is 0.174. The Morgan fingerprint density at radius 2 is 1.67 bits per heavy atom. The van der Waals surface area contributed by atoms with E-state index in [1.165, 1.54) is 5.56 Å². The normalized spacial score (nSPS) is 17.6. The highest BCUT2D eigenvalue weighted by Gasteiger charge is 2.36. The maximum absolute atomic E-state index is 6.06. The first-order valence-corrected chi connectivity index (χ1v) is 9.52. The monoisotopic (exact) mass is 376 g/mol. The predicted molar refractivity (Wildman–Crippen MR) is 112 cm³/mol. The average molecular weight is 377 g/mol. The van der Waals surface area contributed by atoms with Crippen LogP contribution in [0.15, 0.2) is 83.9 Å². The van der Waals surface area contributed by atoms with Gasteiger partial charge < -0.3 is 9.64 Å². The quantitative estimate of drug-likeness (QED) is 0.513. The first-order chi connectivity index (χ1) is 13.2. The molecule has 1 aliphatic rings. The molecule has 4 rings (SSSR count). The smallest absolute Gasteiger partial charge is 0.119 e. The van der Waals surface area contributed by atoms with E-state index in [1.54, 1.807) is 0 Å². The standard InChI is InChI=1S/C23H21ClN2O/c1-2-27-21-14-12-20(13-15-21)26-22(17-8-10-18(24)11-9-17)16-23(26)25-19-6-4-3-5-7-19/h3-15,22H,2,16H2,1H3/b25-23+. The molecule has 4 heteroatoms. The number of hydrogen-bond acceptors (Lipinski definition) is 2. The third-order valence-electron chi connectivity index (χ3n) is 4.66. The first-order valence-electron chi connectivity index (χ1n) is 9.15. The zero-order valence-electron chi connectivity index (χ0n) is 15.2. The summed E-state index contributed by atoms with van der Waals surface area (Å²) in [4.78, 5) is 7.14. The fourth-order valence-corrected chi connectivity index (χ4v) is 3.46. The number of benzene rings is 3. The molecule has 1 saturated heterocycles. The predicted octanol–water partition coefficient (Wildman–Crippen LogP) is 6.42. The molecule has 1 heterocycles. The number of aliphatic imine (C=N–C) groups is 1. The number of ether oxygens (including phenoxy) is 1. The molecule has 0 radical (unpaired) electrons.